The van der Waals surface area contributed by atoms with Crippen LogP contribution in [-0.4, -0.2) is 34.7 Å². The van der Waals surface area contributed by atoms with Crippen molar-refractivity contribution in [2.45, 2.75) is 38.3 Å². The lowest BCUT2D eigenvalue weighted by molar-refractivity contribution is -0.0309. The first-order valence-corrected chi connectivity index (χ1v) is 8.89. The van der Waals surface area contributed by atoms with Crippen molar-refractivity contribution in [3.8, 4) is 5.75 Å². The number of hydrogen-bond donors (Lipinski definition) is 1. The van der Waals surface area contributed by atoms with Crippen LogP contribution in [0, 0.1) is 5.95 Å². The van der Waals surface area contributed by atoms with Crippen LogP contribution in [0.15, 0.2) is 42.6 Å². The molecule has 2 aromatic rings. The van der Waals surface area contributed by atoms with Crippen LogP contribution in [0.2, 0.25) is 0 Å². The summed E-state index contributed by atoms with van der Waals surface area (Å²) in [6, 6.07) is 11.4. The van der Waals surface area contributed by atoms with E-state index in [1.54, 1.807) is 12.1 Å². The normalized spacial score (nSPS) is 17.4. The summed E-state index contributed by atoms with van der Waals surface area (Å²) in [6.07, 6.45) is 3.37. The molecule has 1 aromatic heterocycles. The fourth-order valence-corrected chi connectivity index (χ4v) is 3.31. The van der Waals surface area contributed by atoms with E-state index in [4.69, 9.17) is 4.74 Å². The molecule has 1 saturated heterocycles. The lowest BCUT2D eigenvalue weighted by atomic mass is 9.85. The lowest BCUT2D eigenvalue weighted by Gasteiger charge is -2.38. The molecule has 134 valence electrons. The Bertz CT molecular complexity index is 700. The molecule has 1 N–H and O–H groups in total. The van der Waals surface area contributed by atoms with Gasteiger partial charge in [-0.25, -0.2) is 4.98 Å². The van der Waals surface area contributed by atoms with E-state index in [2.05, 4.69) is 22.9 Å². The first kappa shape index (κ1) is 17.8. The van der Waals surface area contributed by atoms with E-state index >= 15 is 0 Å². The quantitative estimate of drug-likeness (QED) is 0.815. The molecule has 4 nitrogen and oxygen atoms in total. The van der Waals surface area contributed by atoms with Gasteiger partial charge in [-0.1, -0.05) is 31.2 Å². The number of nitrogens with zero attached hydrogens (tertiary/aromatic N) is 2. The maximum absolute atomic E-state index is 13.9. The van der Waals surface area contributed by atoms with Gasteiger partial charge >= 0.3 is 0 Å². The van der Waals surface area contributed by atoms with Gasteiger partial charge in [-0.15, -0.1) is 0 Å². The SMILES string of the molecule is CCCOc1ccccc1CN1CCC(O)(c2cccnc2F)CC1. The van der Waals surface area contributed by atoms with Crippen LogP contribution in [0.3, 0.4) is 0 Å². The molecule has 2 heterocycles. The van der Waals surface area contributed by atoms with Gasteiger partial charge in [0.1, 0.15) is 5.75 Å². The van der Waals surface area contributed by atoms with Crippen LogP contribution >= 0.6 is 0 Å². The highest BCUT2D eigenvalue weighted by Gasteiger charge is 2.36. The van der Waals surface area contributed by atoms with Crippen molar-refractivity contribution >= 4 is 0 Å². The summed E-state index contributed by atoms with van der Waals surface area (Å²) in [5, 5.41) is 10.8. The van der Waals surface area contributed by atoms with Gasteiger partial charge in [0.15, 0.2) is 0 Å². The molecule has 0 aliphatic carbocycles. The van der Waals surface area contributed by atoms with Gasteiger partial charge in [0.05, 0.1) is 12.2 Å². The highest BCUT2D eigenvalue weighted by atomic mass is 19.1. The molecule has 0 bridgehead atoms. The van der Waals surface area contributed by atoms with Crippen LogP contribution < -0.4 is 4.74 Å². The topological polar surface area (TPSA) is 45.6 Å². The van der Waals surface area contributed by atoms with Crippen LogP contribution in [0.4, 0.5) is 4.39 Å². The van der Waals surface area contributed by atoms with Crippen LogP contribution in [0.5, 0.6) is 5.75 Å². The number of piperidine rings is 1. The molecule has 1 aliphatic rings. The van der Waals surface area contributed by atoms with E-state index < -0.39 is 11.5 Å². The Labute approximate surface area is 148 Å². The zero-order chi connectivity index (χ0) is 17.7. The van der Waals surface area contributed by atoms with E-state index in [-0.39, 0.29) is 0 Å². The molecule has 1 aromatic carbocycles. The van der Waals surface area contributed by atoms with E-state index in [0.29, 0.717) is 38.1 Å². The number of halogens is 1. The Balaban J connectivity index is 1.64. The molecular formula is C20H25FN2O2. The molecule has 1 fully saturated rings. The number of aliphatic hydroxyl groups is 1. The number of likely N-dealkylation sites (tertiary alicyclic amines) is 1. The number of ether oxygens (including phenoxy) is 1. The third-order valence-electron chi connectivity index (χ3n) is 4.77. The molecule has 0 saturated carbocycles. The van der Waals surface area contributed by atoms with Crippen molar-refractivity contribution in [2.75, 3.05) is 19.7 Å². The van der Waals surface area contributed by atoms with E-state index in [1.165, 1.54) is 6.20 Å². The second kappa shape index (κ2) is 7.93. The van der Waals surface area contributed by atoms with Crippen molar-refractivity contribution in [1.82, 2.24) is 9.88 Å². The summed E-state index contributed by atoms with van der Waals surface area (Å²) < 4.78 is 19.8. The number of para-hydroxylation sites is 1. The maximum atomic E-state index is 13.9. The molecule has 0 radical (unpaired) electrons. The number of rotatable bonds is 6. The molecule has 0 atom stereocenters. The van der Waals surface area contributed by atoms with E-state index in [9.17, 15) is 9.50 Å². The molecule has 0 unspecified atom stereocenters. The Morgan fingerprint density at radius 2 is 1.96 bits per heavy atom. The monoisotopic (exact) mass is 344 g/mol. The fraction of sp³-hybridized carbons (Fsp3) is 0.450. The maximum Gasteiger partial charge on any atom is 0.218 e. The third kappa shape index (κ3) is 4.17. The zero-order valence-corrected chi connectivity index (χ0v) is 14.6. The average Bonchev–Trinajstić information content (AvgIpc) is 2.63. The number of pyridine rings is 1. The Morgan fingerprint density at radius 3 is 2.68 bits per heavy atom. The summed E-state index contributed by atoms with van der Waals surface area (Å²) >= 11 is 0. The van der Waals surface area contributed by atoms with Gasteiger partial charge in [0.2, 0.25) is 5.95 Å². The number of aromatic nitrogens is 1. The van der Waals surface area contributed by atoms with Gasteiger partial charge in [-0.2, -0.15) is 4.39 Å². The lowest BCUT2D eigenvalue weighted by Crippen LogP contribution is -2.42. The van der Waals surface area contributed by atoms with Crippen molar-refractivity contribution in [1.29, 1.82) is 0 Å². The van der Waals surface area contributed by atoms with E-state index in [1.807, 2.05) is 18.2 Å². The van der Waals surface area contributed by atoms with Gasteiger partial charge in [-0.05, 0) is 31.4 Å². The Hall–Kier alpha value is -1.98. The smallest absolute Gasteiger partial charge is 0.218 e. The molecule has 3 rings (SSSR count). The standard InChI is InChI=1S/C20H25FN2O2/c1-2-14-25-18-8-4-3-6-16(18)15-23-12-9-20(24,10-13-23)17-7-5-11-22-19(17)21/h3-8,11,24H,2,9-10,12-15H2,1H3. The van der Waals surface area contributed by atoms with Crippen LogP contribution in [-0.2, 0) is 12.1 Å². The van der Waals surface area contributed by atoms with Gasteiger partial charge in [0.25, 0.3) is 0 Å². The molecule has 0 spiro atoms. The van der Waals surface area contributed by atoms with Gasteiger partial charge in [0, 0.05) is 37.0 Å². The minimum atomic E-state index is -1.13. The number of benzene rings is 1. The summed E-state index contributed by atoms with van der Waals surface area (Å²) in [5.41, 5.74) is 0.322. The van der Waals surface area contributed by atoms with Crippen molar-refractivity contribution in [3.63, 3.8) is 0 Å². The van der Waals surface area contributed by atoms with Gasteiger partial charge < -0.3 is 9.84 Å². The second-order valence-electron chi connectivity index (χ2n) is 6.61. The average molecular weight is 344 g/mol. The summed E-state index contributed by atoms with van der Waals surface area (Å²) in [6.45, 7) is 4.97. The zero-order valence-electron chi connectivity index (χ0n) is 14.6. The van der Waals surface area contributed by atoms with Crippen LogP contribution in [0.1, 0.15) is 37.3 Å². The van der Waals surface area contributed by atoms with Crippen molar-refractivity contribution < 1.29 is 14.2 Å². The molecule has 1 aliphatic heterocycles. The predicted octanol–water partition coefficient (Wildman–Crippen LogP) is 3.49. The highest BCUT2D eigenvalue weighted by molar-refractivity contribution is 5.33. The largest absolute Gasteiger partial charge is 0.493 e. The number of hydrogen-bond acceptors (Lipinski definition) is 4. The van der Waals surface area contributed by atoms with Gasteiger partial charge in [-0.3, -0.25) is 4.90 Å². The molecular weight excluding hydrogens is 319 g/mol. The minimum Gasteiger partial charge on any atom is -0.493 e. The fourth-order valence-electron chi connectivity index (χ4n) is 3.31. The molecule has 0 amide bonds. The molecule has 5 heteroatoms. The van der Waals surface area contributed by atoms with Crippen molar-refractivity contribution in [2.24, 2.45) is 0 Å². The van der Waals surface area contributed by atoms with Crippen molar-refractivity contribution in [3.05, 3.63) is 59.7 Å². The predicted molar refractivity (Wildman–Crippen MR) is 94.8 cm³/mol. The Morgan fingerprint density at radius 1 is 1.20 bits per heavy atom. The summed E-state index contributed by atoms with van der Waals surface area (Å²) in [7, 11) is 0. The first-order valence-electron chi connectivity index (χ1n) is 8.89. The van der Waals surface area contributed by atoms with E-state index in [0.717, 1.165) is 24.3 Å². The Kier molecular flexibility index (Phi) is 5.66. The minimum absolute atomic E-state index is 0.307. The third-order valence-corrected chi connectivity index (χ3v) is 4.77. The molecule has 25 heavy (non-hydrogen) atoms. The highest BCUT2D eigenvalue weighted by Crippen LogP contribution is 2.34. The summed E-state index contributed by atoms with van der Waals surface area (Å²) in [4.78, 5) is 5.94. The first-order chi connectivity index (χ1) is 12.1. The second-order valence-corrected chi connectivity index (χ2v) is 6.61. The van der Waals surface area contributed by atoms with Crippen LogP contribution in [0.25, 0.3) is 0 Å². The summed E-state index contributed by atoms with van der Waals surface area (Å²) in [5.74, 6) is 0.347.